The molecule has 2 N–H and O–H groups in total. The first kappa shape index (κ1) is 29.9. The molecule has 1 aromatic carbocycles. The maximum atomic E-state index is 6.07. The summed E-state index contributed by atoms with van der Waals surface area (Å²) in [5.41, 5.74) is 1.15. The molecule has 1 atom stereocenters. The number of halogens is 1. The Hall–Kier alpha value is -1.06. The Morgan fingerprint density at radius 2 is 1.61 bits per heavy atom. The minimum absolute atomic E-state index is 0. The van der Waals surface area contributed by atoms with Gasteiger partial charge in [-0.15, -0.1) is 24.0 Å². The molecule has 6 nitrogen and oxygen atoms in total. The molecule has 0 radical (unpaired) electrons. The number of aliphatic imine (C=N–C) groups is 1. The van der Waals surface area contributed by atoms with E-state index in [-0.39, 0.29) is 24.0 Å². The topological polar surface area (TPSA) is 52.1 Å². The number of para-hydroxylation sites is 1. The zero-order valence-electron chi connectivity index (χ0n) is 20.6. The summed E-state index contributed by atoms with van der Waals surface area (Å²) >= 11 is 0. The lowest BCUT2D eigenvalue weighted by Crippen LogP contribution is -2.42. The van der Waals surface area contributed by atoms with Gasteiger partial charge in [-0.1, -0.05) is 45.9 Å². The van der Waals surface area contributed by atoms with E-state index in [1.807, 2.05) is 19.2 Å². The van der Waals surface area contributed by atoms with Crippen LogP contribution in [-0.4, -0.2) is 74.7 Å². The lowest BCUT2D eigenvalue weighted by Gasteiger charge is -2.21. The second-order valence-corrected chi connectivity index (χ2v) is 7.62. The molecule has 0 aliphatic rings. The molecular formula is C24H46IN5O. The Labute approximate surface area is 208 Å². The standard InChI is InChI=1S/C24H45N5O.HI/c1-7-28(8-2)17-13-14-21(5)27-24(25-6)26-20-22-15-11-12-16-23(22)30-19-18-29(9-3)10-4;/h11-12,15-16,21H,7-10,13-14,17-20H2,1-6H3,(H2,25,26,27);1H. The molecule has 0 bridgehead atoms. The first-order valence-electron chi connectivity index (χ1n) is 11.7. The molecule has 180 valence electrons. The van der Waals surface area contributed by atoms with E-state index < -0.39 is 0 Å². The van der Waals surface area contributed by atoms with Crippen molar-refractivity contribution in [2.45, 2.75) is 60.0 Å². The van der Waals surface area contributed by atoms with Gasteiger partial charge in [0.2, 0.25) is 0 Å². The quantitative estimate of drug-likeness (QED) is 0.196. The van der Waals surface area contributed by atoms with Gasteiger partial charge in [0, 0.05) is 31.7 Å². The van der Waals surface area contributed by atoms with E-state index in [0.717, 1.165) is 63.0 Å². The molecule has 0 fully saturated rings. The fourth-order valence-electron chi connectivity index (χ4n) is 3.46. The van der Waals surface area contributed by atoms with Crippen LogP contribution in [0.3, 0.4) is 0 Å². The molecule has 0 saturated carbocycles. The average molecular weight is 548 g/mol. The smallest absolute Gasteiger partial charge is 0.191 e. The van der Waals surface area contributed by atoms with Crippen molar-refractivity contribution in [3.63, 3.8) is 0 Å². The number of nitrogens with zero attached hydrogens (tertiary/aromatic N) is 3. The summed E-state index contributed by atoms with van der Waals surface area (Å²) in [7, 11) is 1.82. The molecule has 1 rings (SSSR count). The summed E-state index contributed by atoms with van der Waals surface area (Å²) in [5, 5.41) is 6.95. The summed E-state index contributed by atoms with van der Waals surface area (Å²) in [4.78, 5) is 9.23. The summed E-state index contributed by atoms with van der Waals surface area (Å²) < 4.78 is 6.07. The molecule has 1 aromatic rings. The zero-order valence-corrected chi connectivity index (χ0v) is 22.9. The van der Waals surface area contributed by atoms with Crippen LogP contribution in [0.25, 0.3) is 0 Å². The Bertz CT molecular complexity index is 591. The predicted molar refractivity (Wildman–Crippen MR) is 145 cm³/mol. The summed E-state index contributed by atoms with van der Waals surface area (Å²) in [6, 6.07) is 8.63. The van der Waals surface area contributed by atoms with Gasteiger partial charge in [0.25, 0.3) is 0 Å². The molecule has 0 saturated heterocycles. The molecule has 0 amide bonds. The third kappa shape index (κ3) is 12.5. The first-order valence-corrected chi connectivity index (χ1v) is 11.7. The number of likely N-dealkylation sites (N-methyl/N-ethyl adjacent to an activating group) is 1. The van der Waals surface area contributed by atoms with Gasteiger partial charge in [-0.3, -0.25) is 4.99 Å². The van der Waals surface area contributed by atoms with Crippen molar-refractivity contribution in [3.05, 3.63) is 29.8 Å². The van der Waals surface area contributed by atoms with Crippen LogP contribution in [0.2, 0.25) is 0 Å². The van der Waals surface area contributed by atoms with Crippen LogP contribution in [0.4, 0.5) is 0 Å². The van der Waals surface area contributed by atoms with E-state index in [1.165, 1.54) is 6.42 Å². The average Bonchev–Trinajstić information content (AvgIpc) is 2.77. The molecular weight excluding hydrogens is 501 g/mol. The highest BCUT2D eigenvalue weighted by molar-refractivity contribution is 14.0. The highest BCUT2D eigenvalue weighted by atomic mass is 127. The molecule has 0 aliphatic carbocycles. The Kier molecular flexibility index (Phi) is 17.9. The van der Waals surface area contributed by atoms with Gasteiger partial charge in [0.15, 0.2) is 5.96 Å². The molecule has 0 spiro atoms. The number of ether oxygens (including phenoxy) is 1. The van der Waals surface area contributed by atoms with Crippen LogP contribution in [0.15, 0.2) is 29.3 Å². The van der Waals surface area contributed by atoms with Gasteiger partial charge in [-0.2, -0.15) is 0 Å². The number of rotatable bonds is 15. The third-order valence-electron chi connectivity index (χ3n) is 5.59. The second-order valence-electron chi connectivity index (χ2n) is 7.62. The van der Waals surface area contributed by atoms with Crippen molar-refractivity contribution in [2.24, 2.45) is 4.99 Å². The van der Waals surface area contributed by atoms with Crippen LogP contribution < -0.4 is 15.4 Å². The molecule has 0 heterocycles. The SMILES string of the molecule is CCN(CC)CCCC(C)NC(=NC)NCc1ccccc1OCCN(CC)CC.I. The number of nitrogens with one attached hydrogen (secondary N) is 2. The summed E-state index contributed by atoms with van der Waals surface area (Å²) in [5.74, 6) is 1.78. The summed E-state index contributed by atoms with van der Waals surface area (Å²) in [6.07, 6.45) is 2.32. The molecule has 0 aliphatic heterocycles. The van der Waals surface area contributed by atoms with Crippen LogP contribution in [-0.2, 0) is 6.54 Å². The normalized spacial score (nSPS) is 12.6. The second kappa shape index (κ2) is 18.5. The maximum Gasteiger partial charge on any atom is 0.191 e. The van der Waals surface area contributed by atoms with Crippen molar-refractivity contribution < 1.29 is 4.74 Å². The lowest BCUT2D eigenvalue weighted by atomic mass is 10.1. The lowest BCUT2D eigenvalue weighted by molar-refractivity contribution is 0.221. The first-order chi connectivity index (χ1) is 14.6. The van der Waals surface area contributed by atoms with E-state index in [4.69, 9.17) is 4.74 Å². The van der Waals surface area contributed by atoms with E-state index in [1.54, 1.807) is 0 Å². The highest BCUT2D eigenvalue weighted by Gasteiger charge is 2.09. The molecule has 1 unspecified atom stereocenters. The van der Waals surface area contributed by atoms with Crippen molar-refractivity contribution in [3.8, 4) is 5.75 Å². The number of guanidine groups is 1. The van der Waals surface area contributed by atoms with Crippen molar-refractivity contribution in [2.75, 3.05) is 52.9 Å². The largest absolute Gasteiger partial charge is 0.492 e. The van der Waals surface area contributed by atoms with Crippen LogP contribution in [0.1, 0.15) is 53.0 Å². The third-order valence-corrected chi connectivity index (χ3v) is 5.59. The number of hydrogen-bond donors (Lipinski definition) is 2. The van der Waals surface area contributed by atoms with Crippen LogP contribution in [0, 0.1) is 0 Å². The van der Waals surface area contributed by atoms with E-state index in [0.29, 0.717) is 19.2 Å². The van der Waals surface area contributed by atoms with Gasteiger partial charge in [0.1, 0.15) is 12.4 Å². The van der Waals surface area contributed by atoms with Gasteiger partial charge in [0.05, 0.1) is 0 Å². The van der Waals surface area contributed by atoms with Gasteiger partial charge in [-0.25, -0.2) is 0 Å². The van der Waals surface area contributed by atoms with Crippen LogP contribution in [0.5, 0.6) is 5.75 Å². The minimum Gasteiger partial charge on any atom is -0.492 e. The fourth-order valence-corrected chi connectivity index (χ4v) is 3.46. The Morgan fingerprint density at radius 3 is 2.23 bits per heavy atom. The molecule has 31 heavy (non-hydrogen) atoms. The van der Waals surface area contributed by atoms with Crippen molar-refractivity contribution >= 4 is 29.9 Å². The monoisotopic (exact) mass is 547 g/mol. The van der Waals surface area contributed by atoms with E-state index in [2.05, 4.69) is 72.2 Å². The van der Waals surface area contributed by atoms with Crippen molar-refractivity contribution in [1.82, 2.24) is 20.4 Å². The molecule has 0 aromatic heterocycles. The Morgan fingerprint density at radius 1 is 1.00 bits per heavy atom. The van der Waals surface area contributed by atoms with Gasteiger partial charge >= 0.3 is 0 Å². The number of benzene rings is 1. The maximum absolute atomic E-state index is 6.07. The Balaban J connectivity index is 0.00000900. The van der Waals surface area contributed by atoms with Crippen LogP contribution >= 0.6 is 24.0 Å². The van der Waals surface area contributed by atoms with Gasteiger partial charge < -0.3 is 25.2 Å². The zero-order chi connectivity index (χ0) is 22.2. The minimum atomic E-state index is 0. The fraction of sp³-hybridized carbons (Fsp3) is 0.708. The predicted octanol–water partition coefficient (Wildman–Crippen LogP) is 4.20. The number of hydrogen-bond acceptors (Lipinski definition) is 4. The van der Waals surface area contributed by atoms with E-state index in [9.17, 15) is 0 Å². The molecule has 7 heteroatoms. The van der Waals surface area contributed by atoms with E-state index >= 15 is 0 Å². The summed E-state index contributed by atoms with van der Waals surface area (Å²) in [6.45, 7) is 18.9. The highest BCUT2D eigenvalue weighted by Crippen LogP contribution is 2.17. The van der Waals surface area contributed by atoms with Crippen molar-refractivity contribution in [1.29, 1.82) is 0 Å². The van der Waals surface area contributed by atoms with Gasteiger partial charge in [-0.05, 0) is 58.6 Å².